The van der Waals surface area contributed by atoms with Gasteiger partial charge in [-0.1, -0.05) is 48.4 Å². The van der Waals surface area contributed by atoms with Crippen molar-refractivity contribution >= 4 is 39.3 Å². The molecule has 5 nitrogen and oxygen atoms in total. The molecule has 0 saturated carbocycles. The van der Waals surface area contributed by atoms with Crippen molar-refractivity contribution in [3.05, 3.63) is 63.1 Å². The first kappa shape index (κ1) is 23.2. The summed E-state index contributed by atoms with van der Waals surface area (Å²) < 4.78 is 6.37. The summed E-state index contributed by atoms with van der Waals surface area (Å²) in [5.74, 6) is 0.0967. The summed E-state index contributed by atoms with van der Waals surface area (Å²) >= 11 is 9.34. The highest BCUT2D eigenvalue weighted by molar-refractivity contribution is 9.10. The minimum Gasteiger partial charge on any atom is -0.483 e. The number of nitrogens with one attached hydrogen (secondary N) is 1. The number of likely N-dealkylation sites (N-methyl/N-ethyl adjacent to an activating group) is 1. The second kappa shape index (κ2) is 11.2. The summed E-state index contributed by atoms with van der Waals surface area (Å²) in [6.45, 7) is 6.42. The molecule has 0 aliphatic heterocycles. The zero-order chi connectivity index (χ0) is 21.4. The van der Waals surface area contributed by atoms with E-state index in [4.69, 9.17) is 16.3 Å². The Bertz CT molecular complexity index is 860. The molecule has 0 radical (unpaired) electrons. The monoisotopic (exact) mass is 480 g/mol. The molecule has 2 aromatic rings. The molecule has 0 unspecified atom stereocenters. The van der Waals surface area contributed by atoms with Gasteiger partial charge in [-0.3, -0.25) is 9.59 Å². The van der Waals surface area contributed by atoms with Gasteiger partial charge < -0.3 is 15.0 Å². The second-order valence-corrected chi connectivity index (χ2v) is 7.98. The molecule has 2 aromatic carbocycles. The summed E-state index contributed by atoms with van der Waals surface area (Å²) in [5, 5.41) is 3.39. The van der Waals surface area contributed by atoms with Gasteiger partial charge in [0.05, 0.1) is 4.47 Å². The molecular weight excluding hydrogens is 456 g/mol. The Balaban J connectivity index is 2.22. The van der Waals surface area contributed by atoms with Crippen LogP contribution in [0, 0.1) is 6.92 Å². The third-order valence-corrected chi connectivity index (χ3v) is 5.27. The Hall–Kier alpha value is -2.05. The van der Waals surface area contributed by atoms with E-state index in [0.29, 0.717) is 34.8 Å². The van der Waals surface area contributed by atoms with Gasteiger partial charge in [0.1, 0.15) is 11.8 Å². The number of nitrogens with zero attached hydrogens (tertiary/aromatic N) is 1. The van der Waals surface area contributed by atoms with E-state index in [0.717, 1.165) is 11.1 Å². The molecule has 2 rings (SSSR count). The van der Waals surface area contributed by atoms with E-state index in [1.54, 1.807) is 23.1 Å². The van der Waals surface area contributed by atoms with E-state index in [1.807, 2.05) is 45.0 Å². The SMILES string of the molecule is CCNC(=O)[C@H](CC)N(Cc1cccc(C)c1)C(=O)COc1ccc(Cl)cc1Br. The van der Waals surface area contributed by atoms with E-state index in [2.05, 4.69) is 21.2 Å². The van der Waals surface area contributed by atoms with Crippen LogP contribution in [0.1, 0.15) is 31.4 Å². The molecule has 29 heavy (non-hydrogen) atoms. The minimum atomic E-state index is -0.569. The normalized spacial score (nSPS) is 11.6. The molecule has 0 fully saturated rings. The minimum absolute atomic E-state index is 0.163. The number of carbonyl (C=O) groups is 2. The highest BCUT2D eigenvalue weighted by atomic mass is 79.9. The zero-order valence-electron chi connectivity index (χ0n) is 16.9. The largest absolute Gasteiger partial charge is 0.483 e. The smallest absolute Gasteiger partial charge is 0.261 e. The third-order valence-electron chi connectivity index (χ3n) is 4.42. The number of carbonyl (C=O) groups excluding carboxylic acids is 2. The van der Waals surface area contributed by atoms with E-state index >= 15 is 0 Å². The van der Waals surface area contributed by atoms with Crippen molar-refractivity contribution in [1.29, 1.82) is 0 Å². The van der Waals surface area contributed by atoms with E-state index in [9.17, 15) is 9.59 Å². The Labute approximate surface area is 185 Å². The van der Waals surface area contributed by atoms with E-state index < -0.39 is 6.04 Å². The second-order valence-electron chi connectivity index (χ2n) is 6.69. The molecule has 2 amide bonds. The number of halogens is 2. The van der Waals surface area contributed by atoms with Crippen molar-refractivity contribution < 1.29 is 14.3 Å². The van der Waals surface area contributed by atoms with Crippen LogP contribution in [0.4, 0.5) is 0 Å². The molecular formula is C22H26BrClN2O3. The maximum absolute atomic E-state index is 13.1. The van der Waals surface area contributed by atoms with Gasteiger partial charge in [0.25, 0.3) is 5.91 Å². The fraction of sp³-hybridized carbons (Fsp3) is 0.364. The van der Waals surface area contributed by atoms with Gasteiger partial charge in [-0.05, 0) is 60.0 Å². The first-order chi connectivity index (χ1) is 13.8. The van der Waals surface area contributed by atoms with Gasteiger partial charge >= 0.3 is 0 Å². The molecule has 0 saturated heterocycles. The molecule has 1 N–H and O–H groups in total. The molecule has 0 spiro atoms. The van der Waals surface area contributed by atoms with Crippen LogP contribution < -0.4 is 10.1 Å². The van der Waals surface area contributed by atoms with Gasteiger partial charge in [0, 0.05) is 18.1 Å². The van der Waals surface area contributed by atoms with Gasteiger partial charge in [-0.2, -0.15) is 0 Å². The number of benzene rings is 2. The Morgan fingerprint density at radius 3 is 2.59 bits per heavy atom. The molecule has 0 heterocycles. The standard InChI is InChI=1S/C22H26BrClN2O3/c1-4-19(22(28)25-5-2)26(13-16-8-6-7-15(3)11-16)21(27)14-29-20-10-9-17(24)12-18(20)23/h6-12,19H,4-5,13-14H2,1-3H3,(H,25,28)/t19-/m0/s1. The van der Waals surface area contributed by atoms with Crippen LogP contribution in [0.15, 0.2) is 46.9 Å². The Kier molecular flexibility index (Phi) is 8.99. The maximum Gasteiger partial charge on any atom is 0.261 e. The average Bonchev–Trinajstić information content (AvgIpc) is 2.67. The summed E-state index contributed by atoms with van der Waals surface area (Å²) in [4.78, 5) is 27.2. The molecule has 156 valence electrons. The highest BCUT2D eigenvalue weighted by Crippen LogP contribution is 2.28. The number of rotatable bonds is 9. The van der Waals surface area contributed by atoms with Crippen LogP contribution in [-0.4, -0.2) is 35.9 Å². The summed E-state index contributed by atoms with van der Waals surface area (Å²) in [6, 6.07) is 12.4. The van der Waals surface area contributed by atoms with E-state index in [1.165, 1.54) is 0 Å². The fourth-order valence-electron chi connectivity index (χ4n) is 3.03. The average molecular weight is 482 g/mol. The molecule has 1 atom stereocenters. The van der Waals surface area contributed by atoms with Gasteiger partial charge in [0.2, 0.25) is 5.91 Å². The number of ether oxygens (including phenoxy) is 1. The van der Waals surface area contributed by atoms with Crippen LogP contribution in [0.25, 0.3) is 0 Å². The fourth-order valence-corrected chi connectivity index (χ4v) is 3.83. The Morgan fingerprint density at radius 2 is 1.97 bits per heavy atom. The van der Waals surface area contributed by atoms with Crippen LogP contribution in [-0.2, 0) is 16.1 Å². The highest BCUT2D eigenvalue weighted by Gasteiger charge is 2.28. The molecule has 0 aliphatic carbocycles. The number of hydrogen-bond donors (Lipinski definition) is 1. The van der Waals surface area contributed by atoms with Crippen molar-refractivity contribution in [2.75, 3.05) is 13.2 Å². The van der Waals surface area contributed by atoms with Gasteiger partial charge in [-0.15, -0.1) is 0 Å². The quantitative estimate of drug-likeness (QED) is 0.563. The number of hydrogen-bond acceptors (Lipinski definition) is 3. The van der Waals surface area contributed by atoms with Crippen LogP contribution >= 0.6 is 27.5 Å². The van der Waals surface area contributed by atoms with Gasteiger partial charge in [0.15, 0.2) is 6.61 Å². The zero-order valence-corrected chi connectivity index (χ0v) is 19.2. The van der Waals surface area contributed by atoms with E-state index in [-0.39, 0.29) is 18.4 Å². The summed E-state index contributed by atoms with van der Waals surface area (Å²) in [5.41, 5.74) is 2.07. The summed E-state index contributed by atoms with van der Waals surface area (Å²) in [6.07, 6.45) is 0.508. The summed E-state index contributed by atoms with van der Waals surface area (Å²) in [7, 11) is 0. The van der Waals surface area contributed by atoms with Crippen molar-refractivity contribution in [2.45, 2.75) is 39.8 Å². The molecule has 0 aliphatic rings. The lowest BCUT2D eigenvalue weighted by molar-refractivity contribution is -0.142. The number of amides is 2. The molecule has 0 aromatic heterocycles. The van der Waals surface area contributed by atoms with Crippen molar-refractivity contribution in [3.63, 3.8) is 0 Å². The predicted octanol–water partition coefficient (Wildman–Crippen LogP) is 4.73. The topological polar surface area (TPSA) is 58.6 Å². The Morgan fingerprint density at radius 1 is 1.21 bits per heavy atom. The first-order valence-electron chi connectivity index (χ1n) is 9.56. The number of aryl methyl sites for hydroxylation is 1. The van der Waals surface area contributed by atoms with Crippen molar-refractivity contribution in [2.24, 2.45) is 0 Å². The molecule has 0 bridgehead atoms. The predicted molar refractivity (Wildman–Crippen MR) is 119 cm³/mol. The van der Waals surface area contributed by atoms with Gasteiger partial charge in [-0.25, -0.2) is 0 Å². The van der Waals surface area contributed by atoms with Crippen LogP contribution in [0.5, 0.6) is 5.75 Å². The first-order valence-corrected chi connectivity index (χ1v) is 10.7. The van der Waals surface area contributed by atoms with Crippen molar-refractivity contribution in [1.82, 2.24) is 10.2 Å². The third kappa shape index (κ3) is 6.75. The van der Waals surface area contributed by atoms with Crippen LogP contribution in [0.3, 0.4) is 0 Å². The maximum atomic E-state index is 13.1. The lowest BCUT2D eigenvalue weighted by atomic mass is 10.1. The van der Waals surface area contributed by atoms with Crippen LogP contribution in [0.2, 0.25) is 5.02 Å². The lowest BCUT2D eigenvalue weighted by Gasteiger charge is -2.30. The molecule has 7 heteroatoms. The van der Waals surface area contributed by atoms with Crippen molar-refractivity contribution in [3.8, 4) is 5.75 Å². The lowest BCUT2D eigenvalue weighted by Crippen LogP contribution is -2.50.